The first-order chi connectivity index (χ1) is 8.63. The summed E-state index contributed by atoms with van der Waals surface area (Å²) < 4.78 is 0. The number of nitrogens with one attached hydrogen (secondary N) is 1. The molecule has 1 unspecified atom stereocenters. The van der Waals surface area contributed by atoms with Gasteiger partial charge in [-0.3, -0.25) is 9.69 Å². The minimum atomic E-state index is -0.800. The molecule has 1 aromatic carbocycles. The van der Waals surface area contributed by atoms with Crippen molar-refractivity contribution in [1.82, 2.24) is 10.2 Å². The highest BCUT2D eigenvalue weighted by atomic mass is 35.5. The van der Waals surface area contributed by atoms with E-state index in [4.69, 9.17) is 16.7 Å². The molecule has 1 atom stereocenters. The standard InChI is InChI=1S/C13H17ClN2O2/c14-11-3-1-10(2-4-11)8-16-6-5-12(9-16)15-7-13(17)18/h1-4,12,15H,5-9H2,(H,17,18). The van der Waals surface area contributed by atoms with Gasteiger partial charge in [-0.2, -0.15) is 0 Å². The summed E-state index contributed by atoms with van der Waals surface area (Å²) in [6, 6.07) is 8.13. The summed E-state index contributed by atoms with van der Waals surface area (Å²) in [5.74, 6) is -0.800. The molecular formula is C13H17ClN2O2. The molecule has 0 aromatic heterocycles. The number of carboxylic acid groups (broad SMARTS) is 1. The van der Waals surface area contributed by atoms with Crippen molar-refractivity contribution in [2.75, 3.05) is 19.6 Å². The Labute approximate surface area is 112 Å². The molecule has 1 aliphatic heterocycles. The topological polar surface area (TPSA) is 52.6 Å². The molecule has 4 nitrogen and oxygen atoms in total. The fourth-order valence-corrected chi connectivity index (χ4v) is 2.35. The quantitative estimate of drug-likeness (QED) is 0.852. The van der Waals surface area contributed by atoms with E-state index in [0.29, 0.717) is 0 Å². The fraction of sp³-hybridized carbons (Fsp3) is 0.462. The summed E-state index contributed by atoms with van der Waals surface area (Å²) in [7, 11) is 0. The maximum Gasteiger partial charge on any atom is 0.317 e. The summed E-state index contributed by atoms with van der Waals surface area (Å²) in [5, 5.41) is 12.4. The molecule has 0 spiro atoms. The van der Waals surface area contributed by atoms with E-state index >= 15 is 0 Å². The second-order valence-electron chi connectivity index (χ2n) is 4.62. The first kappa shape index (κ1) is 13.3. The van der Waals surface area contributed by atoms with Gasteiger partial charge in [0, 0.05) is 30.7 Å². The summed E-state index contributed by atoms with van der Waals surface area (Å²) in [4.78, 5) is 12.8. The molecular weight excluding hydrogens is 252 g/mol. The van der Waals surface area contributed by atoms with Crippen LogP contribution in [0.4, 0.5) is 0 Å². The van der Waals surface area contributed by atoms with Crippen molar-refractivity contribution >= 4 is 17.6 Å². The predicted molar refractivity (Wildman–Crippen MR) is 70.8 cm³/mol. The van der Waals surface area contributed by atoms with Crippen LogP contribution in [0.5, 0.6) is 0 Å². The molecule has 1 aliphatic rings. The van der Waals surface area contributed by atoms with Crippen molar-refractivity contribution < 1.29 is 9.90 Å². The van der Waals surface area contributed by atoms with Crippen molar-refractivity contribution in [2.24, 2.45) is 0 Å². The van der Waals surface area contributed by atoms with Crippen molar-refractivity contribution in [3.05, 3.63) is 34.9 Å². The fourth-order valence-electron chi connectivity index (χ4n) is 2.22. The third-order valence-corrected chi connectivity index (χ3v) is 3.39. The molecule has 2 N–H and O–H groups in total. The molecule has 98 valence electrons. The zero-order valence-electron chi connectivity index (χ0n) is 10.1. The van der Waals surface area contributed by atoms with Gasteiger partial charge in [0.1, 0.15) is 0 Å². The van der Waals surface area contributed by atoms with E-state index in [2.05, 4.69) is 10.2 Å². The lowest BCUT2D eigenvalue weighted by Crippen LogP contribution is -2.35. The molecule has 0 radical (unpaired) electrons. The summed E-state index contributed by atoms with van der Waals surface area (Å²) >= 11 is 5.84. The van der Waals surface area contributed by atoms with Crippen LogP contribution in [-0.4, -0.2) is 41.7 Å². The third-order valence-electron chi connectivity index (χ3n) is 3.13. The lowest BCUT2D eigenvalue weighted by atomic mass is 10.2. The minimum absolute atomic E-state index is 0.0411. The molecule has 0 saturated carbocycles. The molecule has 1 aromatic rings. The second-order valence-corrected chi connectivity index (χ2v) is 5.06. The number of aliphatic carboxylic acids is 1. The molecule has 1 heterocycles. The van der Waals surface area contributed by atoms with Crippen LogP contribution >= 0.6 is 11.6 Å². The van der Waals surface area contributed by atoms with Gasteiger partial charge < -0.3 is 10.4 Å². The van der Waals surface area contributed by atoms with Crippen LogP contribution in [-0.2, 0) is 11.3 Å². The van der Waals surface area contributed by atoms with Crippen LogP contribution in [0.15, 0.2) is 24.3 Å². The van der Waals surface area contributed by atoms with Gasteiger partial charge in [0.2, 0.25) is 0 Å². The van der Waals surface area contributed by atoms with Gasteiger partial charge in [-0.15, -0.1) is 0 Å². The first-order valence-electron chi connectivity index (χ1n) is 6.05. The average Bonchev–Trinajstić information content (AvgIpc) is 2.77. The van der Waals surface area contributed by atoms with Gasteiger partial charge >= 0.3 is 5.97 Å². The van der Waals surface area contributed by atoms with Gasteiger partial charge in [-0.05, 0) is 24.1 Å². The first-order valence-corrected chi connectivity index (χ1v) is 6.43. The van der Waals surface area contributed by atoms with E-state index in [-0.39, 0.29) is 12.6 Å². The van der Waals surface area contributed by atoms with E-state index in [1.54, 1.807) is 0 Å². The van der Waals surface area contributed by atoms with Crippen LogP contribution in [0, 0.1) is 0 Å². The lowest BCUT2D eigenvalue weighted by molar-refractivity contribution is -0.136. The number of carbonyl (C=O) groups is 1. The van der Waals surface area contributed by atoms with Crippen LogP contribution < -0.4 is 5.32 Å². The SMILES string of the molecule is O=C(O)CNC1CCN(Cc2ccc(Cl)cc2)C1. The number of halogens is 1. The van der Waals surface area contributed by atoms with Crippen molar-refractivity contribution in [3.63, 3.8) is 0 Å². The monoisotopic (exact) mass is 268 g/mol. The molecule has 0 aliphatic carbocycles. The minimum Gasteiger partial charge on any atom is -0.480 e. The third kappa shape index (κ3) is 3.98. The number of likely N-dealkylation sites (tertiary alicyclic amines) is 1. The van der Waals surface area contributed by atoms with Crippen LogP contribution in [0.2, 0.25) is 5.02 Å². The summed E-state index contributed by atoms with van der Waals surface area (Å²) in [6.45, 7) is 2.83. The van der Waals surface area contributed by atoms with Crippen LogP contribution in [0.3, 0.4) is 0 Å². The second kappa shape index (κ2) is 6.18. The summed E-state index contributed by atoms with van der Waals surface area (Å²) in [5.41, 5.74) is 1.23. The Kier molecular flexibility index (Phi) is 4.58. The smallest absolute Gasteiger partial charge is 0.317 e. The molecule has 1 saturated heterocycles. The van der Waals surface area contributed by atoms with Crippen molar-refractivity contribution in [3.8, 4) is 0 Å². The maximum atomic E-state index is 10.5. The number of rotatable bonds is 5. The molecule has 0 amide bonds. The average molecular weight is 269 g/mol. The van der Waals surface area contributed by atoms with Crippen LogP contribution in [0.25, 0.3) is 0 Å². The Morgan fingerprint density at radius 2 is 2.17 bits per heavy atom. The predicted octanol–water partition coefficient (Wildman–Crippen LogP) is 1.59. The van der Waals surface area contributed by atoms with E-state index in [1.807, 2.05) is 24.3 Å². The molecule has 18 heavy (non-hydrogen) atoms. The molecule has 2 rings (SSSR count). The Hall–Kier alpha value is -1.10. The summed E-state index contributed by atoms with van der Waals surface area (Å²) in [6.07, 6.45) is 1.00. The van der Waals surface area contributed by atoms with Crippen molar-refractivity contribution in [2.45, 2.75) is 19.0 Å². The number of hydrogen-bond acceptors (Lipinski definition) is 3. The van der Waals surface area contributed by atoms with Gasteiger partial charge in [-0.25, -0.2) is 0 Å². The molecule has 1 fully saturated rings. The number of nitrogens with zero attached hydrogens (tertiary/aromatic N) is 1. The number of hydrogen-bond donors (Lipinski definition) is 2. The highest BCUT2D eigenvalue weighted by Crippen LogP contribution is 2.15. The molecule has 5 heteroatoms. The van der Waals surface area contributed by atoms with Crippen LogP contribution in [0.1, 0.15) is 12.0 Å². The largest absolute Gasteiger partial charge is 0.480 e. The Morgan fingerprint density at radius 3 is 2.83 bits per heavy atom. The van der Waals surface area contributed by atoms with Gasteiger partial charge in [0.15, 0.2) is 0 Å². The van der Waals surface area contributed by atoms with Gasteiger partial charge in [0.05, 0.1) is 6.54 Å². The number of benzene rings is 1. The van der Waals surface area contributed by atoms with Gasteiger partial charge in [0.25, 0.3) is 0 Å². The van der Waals surface area contributed by atoms with E-state index < -0.39 is 5.97 Å². The Balaban J connectivity index is 1.78. The zero-order valence-corrected chi connectivity index (χ0v) is 10.9. The zero-order chi connectivity index (χ0) is 13.0. The van der Waals surface area contributed by atoms with Crippen molar-refractivity contribution in [1.29, 1.82) is 0 Å². The highest BCUT2D eigenvalue weighted by molar-refractivity contribution is 6.30. The van der Waals surface area contributed by atoms with E-state index in [0.717, 1.165) is 31.1 Å². The van der Waals surface area contributed by atoms with E-state index in [1.165, 1.54) is 5.56 Å². The highest BCUT2D eigenvalue weighted by Gasteiger charge is 2.22. The maximum absolute atomic E-state index is 10.5. The molecule has 0 bridgehead atoms. The van der Waals surface area contributed by atoms with E-state index in [9.17, 15) is 4.79 Å². The number of carboxylic acids is 1. The normalized spacial score (nSPS) is 20.2. The van der Waals surface area contributed by atoms with Gasteiger partial charge in [-0.1, -0.05) is 23.7 Å². The Morgan fingerprint density at radius 1 is 1.44 bits per heavy atom. The Bertz CT molecular complexity index is 408. The lowest BCUT2D eigenvalue weighted by Gasteiger charge is -2.16.